The highest BCUT2D eigenvalue weighted by atomic mass is 16.5. The largest absolute Gasteiger partial charge is 0.360 e. The molecule has 0 aromatic rings. The van der Waals surface area contributed by atoms with Crippen molar-refractivity contribution in [2.45, 2.75) is 66.0 Å². The Morgan fingerprint density at radius 1 is 1.18 bits per heavy atom. The monoisotopic (exact) mass is 239 g/mol. The Kier molecular flexibility index (Phi) is 3.33. The first kappa shape index (κ1) is 13.4. The molecule has 0 bridgehead atoms. The van der Waals surface area contributed by atoms with Crippen LogP contribution in [0, 0.1) is 16.7 Å². The second kappa shape index (κ2) is 4.24. The van der Waals surface area contributed by atoms with Crippen molar-refractivity contribution in [3.63, 3.8) is 0 Å². The summed E-state index contributed by atoms with van der Waals surface area (Å²) >= 11 is 0. The maximum Gasteiger partial charge on any atom is 0.119 e. The summed E-state index contributed by atoms with van der Waals surface area (Å²) in [7, 11) is 0. The van der Waals surface area contributed by atoms with E-state index < -0.39 is 0 Å². The summed E-state index contributed by atoms with van der Waals surface area (Å²) in [6.45, 7) is 13.7. The van der Waals surface area contributed by atoms with Gasteiger partial charge in [-0.05, 0) is 42.4 Å². The van der Waals surface area contributed by atoms with Crippen molar-refractivity contribution in [2.24, 2.45) is 16.7 Å². The molecule has 1 saturated heterocycles. The van der Waals surface area contributed by atoms with Gasteiger partial charge in [0, 0.05) is 6.54 Å². The second-order valence-electron chi connectivity index (χ2n) is 7.94. The average Bonchev–Trinajstić information content (AvgIpc) is 2.14. The molecule has 2 fully saturated rings. The molecule has 1 spiro atoms. The molecule has 2 rings (SSSR count). The van der Waals surface area contributed by atoms with Crippen LogP contribution in [0.25, 0.3) is 0 Å². The molecule has 1 heterocycles. The minimum atomic E-state index is -0.0104. The van der Waals surface area contributed by atoms with E-state index in [4.69, 9.17) is 4.74 Å². The van der Waals surface area contributed by atoms with Gasteiger partial charge in [0.1, 0.15) is 5.72 Å². The molecule has 1 aliphatic heterocycles. The Morgan fingerprint density at radius 3 is 2.35 bits per heavy atom. The third kappa shape index (κ3) is 3.03. The van der Waals surface area contributed by atoms with Crippen molar-refractivity contribution in [1.29, 1.82) is 0 Å². The predicted octanol–water partition coefficient (Wildman–Crippen LogP) is 3.57. The summed E-state index contributed by atoms with van der Waals surface area (Å²) < 4.78 is 6.27. The molecule has 17 heavy (non-hydrogen) atoms. The fourth-order valence-corrected chi connectivity index (χ4v) is 3.31. The van der Waals surface area contributed by atoms with E-state index >= 15 is 0 Å². The molecule has 0 aromatic heterocycles. The Bertz CT molecular complexity index is 269. The Balaban J connectivity index is 1.98. The normalized spacial score (nSPS) is 38.3. The van der Waals surface area contributed by atoms with Crippen molar-refractivity contribution in [1.82, 2.24) is 5.32 Å². The fourth-order valence-electron chi connectivity index (χ4n) is 3.31. The molecule has 0 aromatic carbocycles. The van der Waals surface area contributed by atoms with Gasteiger partial charge in [-0.15, -0.1) is 0 Å². The highest BCUT2D eigenvalue weighted by molar-refractivity contribution is 4.94. The van der Waals surface area contributed by atoms with Crippen LogP contribution in [0.1, 0.15) is 60.3 Å². The van der Waals surface area contributed by atoms with E-state index in [0.717, 1.165) is 19.6 Å². The highest BCUT2D eigenvalue weighted by Gasteiger charge is 2.44. The summed E-state index contributed by atoms with van der Waals surface area (Å²) in [5, 5.41) is 3.72. The zero-order valence-electron chi connectivity index (χ0n) is 12.2. The minimum absolute atomic E-state index is 0.0104. The van der Waals surface area contributed by atoms with Crippen LogP contribution in [0.15, 0.2) is 0 Å². The van der Waals surface area contributed by atoms with E-state index in [1.165, 1.54) is 19.3 Å². The number of ether oxygens (including phenoxy) is 1. The van der Waals surface area contributed by atoms with E-state index in [0.29, 0.717) is 16.7 Å². The van der Waals surface area contributed by atoms with Gasteiger partial charge in [-0.25, -0.2) is 0 Å². The van der Waals surface area contributed by atoms with Crippen LogP contribution in [0.5, 0.6) is 0 Å². The molecule has 0 radical (unpaired) electrons. The highest BCUT2D eigenvalue weighted by Crippen LogP contribution is 2.44. The van der Waals surface area contributed by atoms with Crippen molar-refractivity contribution < 1.29 is 4.74 Å². The van der Waals surface area contributed by atoms with Gasteiger partial charge < -0.3 is 4.74 Å². The standard InChI is InChI=1S/C15H29NO/c1-13(2,3)12-9-16-15(17-10-12)8-6-7-14(4,5)11-15/h12,16H,6-11H2,1-5H3. The van der Waals surface area contributed by atoms with Gasteiger partial charge in [0.15, 0.2) is 0 Å². The summed E-state index contributed by atoms with van der Waals surface area (Å²) in [6, 6.07) is 0. The van der Waals surface area contributed by atoms with Crippen LogP contribution < -0.4 is 5.32 Å². The first-order valence-electron chi connectivity index (χ1n) is 7.12. The number of rotatable bonds is 0. The number of nitrogens with one attached hydrogen (secondary N) is 1. The smallest absolute Gasteiger partial charge is 0.119 e. The van der Waals surface area contributed by atoms with Crippen molar-refractivity contribution >= 4 is 0 Å². The molecular weight excluding hydrogens is 210 g/mol. The summed E-state index contributed by atoms with van der Waals surface area (Å²) in [4.78, 5) is 0. The Labute approximate surface area is 107 Å². The Morgan fingerprint density at radius 2 is 1.88 bits per heavy atom. The van der Waals surface area contributed by atoms with E-state index in [1.807, 2.05) is 0 Å². The predicted molar refractivity (Wildman–Crippen MR) is 71.9 cm³/mol. The van der Waals surface area contributed by atoms with E-state index in [1.54, 1.807) is 0 Å². The van der Waals surface area contributed by atoms with Gasteiger partial charge in [-0.3, -0.25) is 5.32 Å². The molecule has 2 atom stereocenters. The summed E-state index contributed by atoms with van der Waals surface area (Å²) in [6.07, 6.45) is 4.98. The van der Waals surface area contributed by atoms with Crippen molar-refractivity contribution in [3.05, 3.63) is 0 Å². The van der Waals surface area contributed by atoms with Crippen molar-refractivity contribution in [2.75, 3.05) is 13.2 Å². The molecule has 1 N–H and O–H groups in total. The van der Waals surface area contributed by atoms with Crippen LogP contribution in [0.4, 0.5) is 0 Å². The topological polar surface area (TPSA) is 21.3 Å². The molecule has 2 nitrogen and oxygen atoms in total. The zero-order chi connectivity index (χ0) is 12.7. The quantitative estimate of drug-likeness (QED) is 0.698. The molecule has 1 saturated carbocycles. The Hall–Kier alpha value is -0.0800. The average molecular weight is 239 g/mol. The van der Waals surface area contributed by atoms with E-state index in [9.17, 15) is 0 Å². The molecule has 0 amide bonds. The lowest BCUT2D eigenvalue weighted by Gasteiger charge is -2.50. The van der Waals surface area contributed by atoms with E-state index in [-0.39, 0.29) is 5.72 Å². The third-order valence-electron chi connectivity index (χ3n) is 4.65. The van der Waals surface area contributed by atoms with Gasteiger partial charge >= 0.3 is 0 Å². The first-order valence-corrected chi connectivity index (χ1v) is 7.12. The van der Waals surface area contributed by atoms with Crippen LogP contribution >= 0.6 is 0 Å². The lowest BCUT2D eigenvalue weighted by atomic mass is 9.71. The van der Waals surface area contributed by atoms with Crippen LogP contribution in [0.3, 0.4) is 0 Å². The number of hydrogen-bond acceptors (Lipinski definition) is 2. The van der Waals surface area contributed by atoms with E-state index in [2.05, 4.69) is 39.9 Å². The molecule has 1 aliphatic carbocycles. The van der Waals surface area contributed by atoms with Crippen LogP contribution in [-0.2, 0) is 4.74 Å². The van der Waals surface area contributed by atoms with Gasteiger partial charge in [0.25, 0.3) is 0 Å². The summed E-state index contributed by atoms with van der Waals surface area (Å²) in [5.41, 5.74) is 0.766. The third-order valence-corrected chi connectivity index (χ3v) is 4.65. The molecule has 2 aliphatic rings. The zero-order valence-corrected chi connectivity index (χ0v) is 12.2. The van der Waals surface area contributed by atoms with Crippen LogP contribution in [-0.4, -0.2) is 18.9 Å². The molecule has 2 heteroatoms. The number of hydrogen-bond donors (Lipinski definition) is 1. The maximum atomic E-state index is 6.27. The maximum absolute atomic E-state index is 6.27. The van der Waals surface area contributed by atoms with Gasteiger partial charge in [0.2, 0.25) is 0 Å². The SMILES string of the molecule is CC1(C)CCCC2(C1)NCC(C(C)(C)C)CO2. The van der Waals surface area contributed by atoms with Gasteiger partial charge in [-0.1, -0.05) is 34.6 Å². The lowest BCUT2D eigenvalue weighted by Crippen LogP contribution is -2.59. The molecule has 100 valence electrons. The minimum Gasteiger partial charge on any atom is -0.360 e. The lowest BCUT2D eigenvalue weighted by molar-refractivity contribution is -0.166. The van der Waals surface area contributed by atoms with Gasteiger partial charge in [0.05, 0.1) is 6.61 Å². The molecule has 2 unspecified atom stereocenters. The summed E-state index contributed by atoms with van der Waals surface area (Å²) in [5.74, 6) is 0.637. The van der Waals surface area contributed by atoms with Gasteiger partial charge in [-0.2, -0.15) is 0 Å². The fraction of sp³-hybridized carbons (Fsp3) is 1.00. The van der Waals surface area contributed by atoms with Crippen LogP contribution in [0.2, 0.25) is 0 Å². The first-order chi connectivity index (χ1) is 7.73. The van der Waals surface area contributed by atoms with Crippen molar-refractivity contribution in [3.8, 4) is 0 Å². The molecular formula is C15H29NO. The second-order valence-corrected chi connectivity index (χ2v) is 7.94.